The Morgan fingerprint density at radius 2 is 2.00 bits per heavy atom. The van der Waals surface area contributed by atoms with Crippen molar-refractivity contribution >= 4 is 0 Å². The summed E-state index contributed by atoms with van der Waals surface area (Å²) < 4.78 is 0. The van der Waals surface area contributed by atoms with Gasteiger partial charge in [0.25, 0.3) is 0 Å². The summed E-state index contributed by atoms with van der Waals surface area (Å²) in [6, 6.07) is 6.77. The fourth-order valence-electron chi connectivity index (χ4n) is 1.84. The summed E-state index contributed by atoms with van der Waals surface area (Å²) in [6.07, 6.45) is 6.69. The SMILES string of the molecule is CNC(CCc1ccccn1)CCC(C)C. The van der Waals surface area contributed by atoms with E-state index in [1.165, 1.54) is 25.0 Å². The van der Waals surface area contributed by atoms with Crippen LogP contribution in [0.25, 0.3) is 0 Å². The minimum absolute atomic E-state index is 0.629. The van der Waals surface area contributed by atoms with Crippen LogP contribution >= 0.6 is 0 Å². The Morgan fingerprint density at radius 1 is 1.19 bits per heavy atom. The van der Waals surface area contributed by atoms with E-state index in [4.69, 9.17) is 0 Å². The van der Waals surface area contributed by atoms with Gasteiger partial charge < -0.3 is 5.32 Å². The molecule has 0 aliphatic rings. The number of nitrogens with one attached hydrogen (secondary N) is 1. The highest BCUT2D eigenvalue weighted by atomic mass is 14.9. The van der Waals surface area contributed by atoms with Crippen LogP contribution in [0, 0.1) is 5.92 Å². The normalized spacial score (nSPS) is 13.0. The Bertz CT molecular complexity index is 269. The number of nitrogens with zero attached hydrogens (tertiary/aromatic N) is 1. The molecule has 2 nitrogen and oxygen atoms in total. The predicted octanol–water partition coefficient (Wildman–Crippen LogP) is 3.04. The summed E-state index contributed by atoms with van der Waals surface area (Å²) >= 11 is 0. The summed E-state index contributed by atoms with van der Waals surface area (Å²) in [5.41, 5.74) is 1.20. The number of hydrogen-bond acceptors (Lipinski definition) is 2. The molecule has 1 rings (SSSR count). The Hall–Kier alpha value is -0.890. The van der Waals surface area contributed by atoms with Gasteiger partial charge >= 0.3 is 0 Å². The third kappa shape index (κ3) is 5.26. The molecule has 0 saturated carbocycles. The maximum atomic E-state index is 4.35. The van der Waals surface area contributed by atoms with Crippen molar-refractivity contribution in [2.75, 3.05) is 7.05 Å². The summed E-state index contributed by atoms with van der Waals surface area (Å²) in [7, 11) is 2.06. The lowest BCUT2D eigenvalue weighted by Gasteiger charge is -2.16. The van der Waals surface area contributed by atoms with Crippen LogP contribution < -0.4 is 5.32 Å². The van der Waals surface area contributed by atoms with Crippen molar-refractivity contribution in [3.8, 4) is 0 Å². The predicted molar refractivity (Wildman–Crippen MR) is 69.5 cm³/mol. The number of aromatic nitrogens is 1. The monoisotopic (exact) mass is 220 g/mol. The van der Waals surface area contributed by atoms with Crippen molar-refractivity contribution in [1.29, 1.82) is 0 Å². The highest BCUT2D eigenvalue weighted by molar-refractivity contribution is 5.03. The van der Waals surface area contributed by atoms with Crippen molar-refractivity contribution < 1.29 is 0 Å². The first-order chi connectivity index (χ1) is 7.72. The Kier molecular flexibility index (Phi) is 6.09. The summed E-state index contributed by atoms with van der Waals surface area (Å²) in [4.78, 5) is 4.35. The summed E-state index contributed by atoms with van der Waals surface area (Å²) in [5.74, 6) is 0.797. The minimum atomic E-state index is 0.629. The van der Waals surface area contributed by atoms with Crippen molar-refractivity contribution in [3.05, 3.63) is 30.1 Å². The lowest BCUT2D eigenvalue weighted by molar-refractivity contribution is 0.432. The van der Waals surface area contributed by atoms with Crippen LogP contribution in [0.3, 0.4) is 0 Å². The van der Waals surface area contributed by atoms with Gasteiger partial charge in [-0.3, -0.25) is 4.98 Å². The number of aryl methyl sites for hydroxylation is 1. The fourth-order valence-corrected chi connectivity index (χ4v) is 1.84. The average molecular weight is 220 g/mol. The molecule has 90 valence electrons. The second-order valence-corrected chi connectivity index (χ2v) is 4.82. The lowest BCUT2D eigenvalue weighted by Crippen LogP contribution is -2.26. The van der Waals surface area contributed by atoms with E-state index in [1.54, 1.807) is 0 Å². The topological polar surface area (TPSA) is 24.9 Å². The third-order valence-corrected chi connectivity index (χ3v) is 2.98. The molecule has 1 aromatic rings. The van der Waals surface area contributed by atoms with E-state index in [-0.39, 0.29) is 0 Å². The molecule has 2 heteroatoms. The molecule has 0 bridgehead atoms. The van der Waals surface area contributed by atoms with Gasteiger partial charge in [-0.2, -0.15) is 0 Å². The van der Waals surface area contributed by atoms with E-state index in [2.05, 4.69) is 43.3 Å². The third-order valence-electron chi connectivity index (χ3n) is 2.98. The van der Waals surface area contributed by atoms with Crippen LogP contribution in [0.5, 0.6) is 0 Å². The molecule has 1 unspecified atom stereocenters. The van der Waals surface area contributed by atoms with Crippen molar-refractivity contribution in [3.63, 3.8) is 0 Å². The average Bonchev–Trinajstić information content (AvgIpc) is 2.30. The van der Waals surface area contributed by atoms with Crippen molar-refractivity contribution in [1.82, 2.24) is 10.3 Å². The molecule has 16 heavy (non-hydrogen) atoms. The molecule has 1 heterocycles. The molecule has 0 fully saturated rings. The van der Waals surface area contributed by atoms with Gasteiger partial charge in [0.15, 0.2) is 0 Å². The van der Waals surface area contributed by atoms with Crippen molar-refractivity contribution in [2.45, 2.75) is 45.6 Å². The van der Waals surface area contributed by atoms with Gasteiger partial charge in [0.05, 0.1) is 0 Å². The molecular weight excluding hydrogens is 196 g/mol. The van der Waals surface area contributed by atoms with Crippen LogP contribution in [0.2, 0.25) is 0 Å². The molecule has 0 aliphatic carbocycles. The molecule has 0 radical (unpaired) electrons. The van der Waals surface area contributed by atoms with Crippen molar-refractivity contribution in [2.24, 2.45) is 5.92 Å². The Labute approximate surface area is 99.5 Å². The minimum Gasteiger partial charge on any atom is -0.317 e. The standard InChI is InChI=1S/C14H24N2/c1-12(2)7-8-13(15-3)9-10-14-6-4-5-11-16-14/h4-6,11-13,15H,7-10H2,1-3H3. The largest absolute Gasteiger partial charge is 0.317 e. The maximum Gasteiger partial charge on any atom is 0.0404 e. The number of rotatable bonds is 7. The van der Waals surface area contributed by atoms with E-state index in [0.29, 0.717) is 6.04 Å². The van der Waals surface area contributed by atoms with Gasteiger partial charge in [-0.25, -0.2) is 0 Å². The molecule has 0 amide bonds. The Balaban J connectivity index is 2.28. The zero-order chi connectivity index (χ0) is 11.8. The number of pyridine rings is 1. The van der Waals surface area contributed by atoms with Gasteiger partial charge in [0.2, 0.25) is 0 Å². The first-order valence-corrected chi connectivity index (χ1v) is 6.29. The molecule has 1 N–H and O–H groups in total. The van der Waals surface area contributed by atoms with Gasteiger partial charge in [0.1, 0.15) is 0 Å². The quantitative estimate of drug-likeness (QED) is 0.764. The van der Waals surface area contributed by atoms with E-state index in [9.17, 15) is 0 Å². The van der Waals surface area contributed by atoms with Crippen LogP contribution in [0.1, 0.15) is 38.8 Å². The zero-order valence-corrected chi connectivity index (χ0v) is 10.7. The summed E-state index contributed by atoms with van der Waals surface area (Å²) in [6.45, 7) is 4.57. The van der Waals surface area contributed by atoms with Crippen LogP contribution in [0.4, 0.5) is 0 Å². The fraction of sp³-hybridized carbons (Fsp3) is 0.643. The first kappa shape index (κ1) is 13.2. The summed E-state index contributed by atoms with van der Waals surface area (Å²) in [5, 5.41) is 3.40. The highest BCUT2D eigenvalue weighted by Gasteiger charge is 2.07. The van der Waals surface area contributed by atoms with Gasteiger partial charge in [-0.15, -0.1) is 0 Å². The van der Waals surface area contributed by atoms with Gasteiger partial charge in [-0.1, -0.05) is 19.9 Å². The molecule has 0 aliphatic heterocycles. The van der Waals surface area contributed by atoms with E-state index >= 15 is 0 Å². The molecule has 0 saturated heterocycles. The van der Waals surface area contributed by atoms with E-state index in [0.717, 1.165) is 12.3 Å². The van der Waals surface area contributed by atoms with Crippen LogP contribution in [-0.4, -0.2) is 18.1 Å². The smallest absolute Gasteiger partial charge is 0.0404 e. The second-order valence-electron chi connectivity index (χ2n) is 4.82. The van der Waals surface area contributed by atoms with Gasteiger partial charge in [0, 0.05) is 17.9 Å². The highest BCUT2D eigenvalue weighted by Crippen LogP contribution is 2.11. The number of hydrogen-bond donors (Lipinski definition) is 1. The van der Waals surface area contributed by atoms with E-state index < -0.39 is 0 Å². The van der Waals surface area contributed by atoms with Crippen LogP contribution in [0.15, 0.2) is 24.4 Å². The molecular formula is C14H24N2. The van der Waals surface area contributed by atoms with E-state index in [1.807, 2.05) is 12.3 Å². The van der Waals surface area contributed by atoms with Crippen LogP contribution in [-0.2, 0) is 6.42 Å². The lowest BCUT2D eigenvalue weighted by atomic mass is 9.99. The maximum absolute atomic E-state index is 4.35. The second kappa shape index (κ2) is 7.39. The zero-order valence-electron chi connectivity index (χ0n) is 10.7. The molecule has 0 aromatic carbocycles. The molecule has 1 aromatic heterocycles. The first-order valence-electron chi connectivity index (χ1n) is 6.29. The molecule has 0 spiro atoms. The molecule has 1 atom stereocenters. The van der Waals surface area contributed by atoms with Gasteiger partial charge in [-0.05, 0) is 50.8 Å². The Morgan fingerprint density at radius 3 is 2.56 bits per heavy atom.